The first kappa shape index (κ1) is 15.4. The summed E-state index contributed by atoms with van der Waals surface area (Å²) in [6, 6.07) is 18.8. The number of anilines is 1. The Hall–Kier alpha value is -1.84. The summed E-state index contributed by atoms with van der Waals surface area (Å²) < 4.78 is 5.51. The predicted molar refractivity (Wildman–Crippen MR) is 101 cm³/mol. The first-order valence-corrected chi connectivity index (χ1v) is 9.63. The first-order chi connectivity index (χ1) is 12.4. The molecule has 0 radical (unpaired) electrons. The largest absolute Gasteiger partial charge is 0.378 e. The van der Waals surface area contributed by atoms with Crippen LogP contribution in [0.5, 0.6) is 0 Å². The lowest BCUT2D eigenvalue weighted by molar-refractivity contribution is 0.122. The fourth-order valence-electron chi connectivity index (χ4n) is 4.86. The summed E-state index contributed by atoms with van der Waals surface area (Å²) in [4.78, 5) is 5.17. The number of benzene rings is 2. The van der Waals surface area contributed by atoms with Gasteiger partial charge in [-0.05, 0) is 54.1 Å². The van der Waals surface area contributed by atoms with E-state index in [1.165, 1.54) is 30.6 Å². The Kier molecular flexibility index (Phi) is 3.99. The molecule has 1 aliphatic carbocycles. The molecule has 130 valence electrons. The SMILES string of the molecule is c1ccc(CN2CC[C@H]3CC2c2ccc(N4CCOCC4)cc23)cc1. The van der Waals surface area contributed by atoms with E-state index in [2.05, 4.69) is 58.3 Å². The van der Waals surface area contributed by atoms with Crippen LogP contribution in [0.2, 0.25) is 0 Å². The zero-order valence-electron chi connectivity index (χ0n) is 14.7. The van der Waals surface area contributed by atoms with Crippen LogP contribution in [0.1, 0.15) is 41.5 Å². The molecule has 2 bridgehead atoms. The quantitative estimate of drug-likeness (QED) is 0.845. The van der Waals surface area contributed by atoms with Crippen molar-refractivity contribution in [3.05, 3.63) is 65.2 Å². The van der Waals surface area contributed by atoms with Gasteiger partial charge in [0.05, 0.1) is 13.2 Å². The van der Waals surface area contributed by atoms with Crippen LogP contribution in [0, 0.1) is 0 Å². The molecule has 2 aromatic carbocycles. The Labute approximate surface area is 150 Å². The number of likely N-dealkylation sites (tertiary alicyclic amines) is 1. The average Bonchev–Trinajstić information content (AvgIpc) is 2.98. The van der Waals surface area contributed by atoms with Crippen LogP contribution in [-0.2, 0) is 11.3 Å². The van der Waals surface area contributed by atoms with Crippen LogP contribution in [0.3, 0.4) is 0 Å². The number of piperidine rings is 1. The lowest BCUT2D eigenvalue weighted by atomic mass is 9.95. The van der Waals surface area contributed by atoms with Crippen molar-refractivity contribution in [3.8, 4) is 0 Å². The molecule has 0 amide bonds. The van der Waals surface area contributed by atoms with E-state index in [0.717, 1.165) is 38.8 Å². The number of morpholine rings is 1. The lowest BCUT2D eigenvalue weighted by Gasteiger charge is -2.33. The molecule has 2 atom stereocenters. The Morgan fingerprint density at radius 3 is 2.60 bits per heavy atom. The van der Waals surface area contributed by atoms with Crippen LogP contribution in [-0.4, -0.2) is 37.7 Å². The molecule has 0 N–H and O–H groups in total. The van der Waals surface area contributed by atoms with Crippen LogP contribution in [0.15, 0.2) is 48.5 Å². The Morgan fingerprint density at radius 2 is 1.76 bits per heavy atom. The van der Waals surface area contributed by atoms with Gasteiger partial charge in [-0.1, -0.05) is 36.4 Å². The van der Waals surface area contributed by atoms with Gasteiger partial charge in [0.25, 0.3) is 0 Å². The molecule has 2 aliphatic heterocycles. The Bertz CT molecular complexity index is 739. The van der Waals surface area contributed by atoms with Crippen molar-refractivity contribution in [3.63, 3.8) is 0 Å². The molecule has 0 spiro atoms. The van der Waals surface area contributed by atoms with E-state index in [1.807, 2.05) is 0 Å². The standard InChI is InChI=1S/C22H26N2O/c1-2-4-17(5-3-1)16-24-9-8-18-14-22(24)20-7-6-19(15-21(18)20)23-10-12-25-13-11-23/h1-7,15,18,22H,8-14,16H2/t18-,22?/m0/s1. The van der Waals surface area contributed by atoms with Crippen molar-refractivity contribution < 1.29 is 4.74 Å². The predicted octanol–water partition coefficient (Wildman–Crippen LogP) is 3.96. The molecule has 5 rings (SSSR count). The normalized spacial score (nSPS) is 25.8. The number of rotatable bonds is 3. The molecule has 2 heterocycles. The van der Waals surface area contributed by atoms with E-state index in [0.29, 0.717) is 6.04 Å². The molecule has 3 heteroatoms. The van der Waals surface area contributed by atoms with Crippen LogP contribution < -0.4 is 4.90 Å². The zero-order valence-corrected chi connectivity index (χ0v) is 14.7. The second kappa shape index (κ2) is 6.47. The van der Waals surface area contributed by atoms with Crippen molar-refractivity contribution >= 4 is 5.69 Å². The van der Waals surface area contributed by atoms with Crippen molar-refractivity contribution in [1.82, 2.24) is 4.90 Å². The number of fused-ring (bicyclic) bond motifs is 5. The number of hydrogen-bond donors (Lipinski definition) is 0. The van der Waals surface area contributed by atoms with Crippen LogP contribution in [0.4, 0.5) is 5.69 Å². The topological polar surface area (TPSA) is 15.7 Å². The highest BCUT2D eigenvalue weighted by atomic mass is 16.5. The molecule has 3 aliphatic rings. The van der Waals surface area contributed by atoms with E-state index >= 15 is 0 Å². The third-order valence-corrected chi connectivity index (χ3v) is 6.19. The smallest absolute Gasteiger partial charge is 0.0642 e. The first-order valence-electron chi connectivity index (χ1n) is 9.63. The maximum absolute atomic E-state index is 5.51. The second-order valence-corrected chi connectivity index (χ2v) is 7.61. The Morgan fingerprint density at radius 1 is 0.920 bits per heavy atom. The summed E-state index contributed by atoms with van der Waals surface area (Å²) >= 11 is 0. The average molecular weight is 334 g/mol. The molecule has 3 nitrogen and oxygen atoms in total. The Balaban J connectivity index is 1.40. The van der Waals surface area contributed by atoms with E-state index in [4.69, 9.17) is 4.74 Å². The van der Waals surface area contributed by atoms with Gasteiger partial charge < -0.3 is 9.64 Å². The summed E-state index contributed by atoms with van der Waals surface area (Å²) in [5.41, 5.74) is 6.02. The minimum absolute atomic E-state index is 0.604. The van der Waals surface area contributed by atoms with Gasteiger partial charge in [-0.15, -0.1) is 0 Å². The van der Waals surface area contributed by atoms with Gasteiger partial charge in [0.1, 0.15) is 0 Å². The molecule has 0 saturated carbocycles. The number of ether oxygens (including phenoxy) is 1. The maximum Gasteiger partial charge on any atom is 0.0642 e. The monoisotopic (exact) mass is 334 g/mol. The van der Waals surface area contributed by atoms with Gasteiger partial charge in [0, 0.05) is 31.4 Å². The molecule has 2 fully saturated rings. The molecule has 2 aromatic rings. The third kappa shape index (κ3) is 2.86. The van der Waals surface area contributed by atoms with Gasteiger partial charge in [-0.2, -0.15) is 0 Å². The van der Waals surface area contributed by atoms with Crippen molar-refractivity contribution in [2.75, 3.05) is 37.7 Å². The van der Waals surface area contributed by atoms with Gasteiger partial charge in [-0.25, -0.2) is 0 Å². The van der Waals surface area contributed by atoms with Crippen molar-refractivity contribution in [1.29, 1.82) is 0 Å². The molecule has 2 saturated heterocycles. The van der Waals surface area contributed by atoms with Crippen LogP contribution in [0.25, 0.3) is 0 Å². The molecular weight excluding hydrogens is 308 g/mol. The summed E-state index contributed by atoms with van der Waals surface area (Å²) in [6.07, 6.45) is 2.59. The lowest BCUT2D eigenvalue weighted by Crippen LogP contribution is -2.36. The minimum Gasteiger partial charge on any atom is -0.378 e. The fourth-order valence-corrected chi connectivity index (χ4v) is 4.86. The summed E-state index contributed by atoms with van der Waals surface area (Å²) in [5.74, 6) is 0.757. The van der Waals surface area contributed by atoms with Crippen molar-refractivity contribution in [2.24, 2.45) is 0 Å². The van der Waals surface area contributed by atoms with Crippen LogP contribution >= 0.6 is 0 Å². The maximum atomic E-state index is 5.51. The zero-order chi connectivity index (χ0) is 16.6. The van der Waals surface area contributed by atoms with E-state index in [-0.39, 0.29) is 0 Å². The van der Waals surface area contributed by atoms with E-state index in [1.54, 1.807) is 11.1 Å². The highest BCUT2D eigenvalue weighted by Gasteiger charge is 2.38. The fraction of sp³-hybridized carbons (Fsp3) is 0.455. The summed E-state index contributed by atoms with van der Waals surface area (Å²) in [6.45, 7) is 6.04. The second-order valence-electron chi connectivity index (χ2n) is 7.61. The number of hydrogen-bond acceptors (Lipinski definition) is 3. The highest BCUT2D eigenvalue weighted by Crippen LogP contribution is 2.50. The summed E-state index contributed by atoms with van der Waals surface area (Å²) in [7, 11) is 0. The molecule has 1 unspecified atom stereocenters. The highest BCUT2D eigenvalue weighted by molar-refractivity contribution is 5.55. The molecular formula is C22H26N2O. The van der Waals surface area contributed by atoms with Crippen molar-refractivity contribution in [2.45, 2.75) is 31.3 Å². The molecule has 0 aromatic heterocycles. The van der Waals surface area contributed by atoms with Gasteiger partial charge >= 0.3 is 0 Å². The van der Waals surface area contributed by atoms with Gasteiger partial charge in [-0.3, -0.25) is 4.90 Å². The minimum atomic E-state index is 0.604. The third-order valence-electron chi connectivity index (χ3n) is 6.19. The van der Waals surface area contributed by atoms with Gasteiger partial charge in [0.2, 0.25) is 0 Å². The van der Waals surface area contributed by atoms with Gasteiger partial charge in [0.15, 0.2) is 0 Å². The van der Waals surface area contributed by atoms with E-state index < -0.39 is 0 Å². The van der Waals surface area contributed by atoms with E-state index in [9.17, 15) is 0 Å². The number of nitrogens with zero attached hydrogens (tertiary/aromatic N) is 2. The summed E-state index contributed by atoms with van der Waals surface area (Å²) in [5, 5.41) is 0. The molecule has 25 heavy (non-hydrogen) atoms.